The number of hydrogen-bond acceptors (Lipinski definition) is 4. The predicted molar refractivity (Wildman–Crippen MR) is 107 cm³/mol. The van der Waals surface area contributed by atoms with Crippen molar-refractivity contribution in [3.05, 3.63) is 17.7 Å². The van der Waals surface area contributed by atoms with Crippen LogP contribution in [0.15, 0.2) is 17.1 Å². The average molecular weight is 449 g/mol. The van der Waals surface area contributed by atoms with Crippen molar-refractivity contribution in [2.45, 2.75) is 19.3 Å². The number of aliphatic imine (C=N–C) groups is 1. The molecule has 0 radical (unpaired) electrons. The minimum atomic E-state index is 0. The lowest BCUT2D eigenvalue weighted by Crippen LogP contribution is -2.39. The Hall–Kier alpha value is -1.38. The molecule has 7 heteroatoms. The van der Waals surface area contributed by atoms with Crippen LogP contribution < -0.4 is 24.8 Å². The van der Waals surface area contributed by atoms with Gasteiger partial charge in [0.2, 0.25) is 5.75 Å². The second kappa shape index (κ2) is 10.5. The molecule has 2 rings (SSSR count). The highest BCUT2D eigenvalue weighted by Gasteiger charge is 2.21. The van der Waals surface area contributed by atoms with E-state index in [4.69, 9.17) is 14.2 Å². The van der Waals surface area contributed by atoms with Crippen LogP contribution in [0.5, 0.6) is 17.2 Å². The summed E-state index contributed by atoms with van der Waals surface area (Å²) in [7, 11) is 6.67. The lowest BCUT2D eigenvalue weighted by Gasteiger charge is -2.16. The first-order chi connectivity index (χ1) is 11.2. The summed E-state index contributed by atoms with van der Waals surface area (Å²) in [6.07, 6.45) is 3.45. The third-order valence-corrected chi connectivity index (χ3v) is 3.95. The zero-order valence-corrected chi connectivity index (χ0v) is 17.2. The molecule has 1 fully saturated rings. The van der Waals surface area contributed by atoms with E-state index < -0.39 is 0 Å². The van der Waals surface area contributed by atoms with Crippen molar-refractivity contribution in [1.82, 2.24) is 10.6 Å². The highest BCUT2D eigenvalue weighted by Crippen LogP contribution is 2.39. The molecule has 0 heterocycles. The summed E-state index contributed by atoms with van der Waals surface area (Å²) in [4.78, 5) is 4.24. The van der Waals surface area contributed by atoms with Gasteiger partial charge in [0, 0.05) is 25.7 Å². The Bertz CT molecular complexity index is 548. The van der Waals surface area contributed by atoms with E-state index in [-0.39, 0.29) is 24.0 Å². The predicted octanol–water partition coefficient (Wildman–Crippen LogP) is 2.45. The SMILES string of the molecule is CN=C(NCCc1ccc(OC)c(OC)c1OC)NCC1CC1.I. The monoisotopic (exact) mass is 449 g/mol. The first-order valence-corrected chi connectivity index (χ1v) is 7.95. The van der Waals surface area contributed by atoms with Gasteiger partial charge in [-0.1, -0.05) is 6.07 Å². The minimum Gasteiger partial charge on any atom is -0.493 e. The van der Waals surface area contributed by atoms with E-state index >= 15 is 0 Å². The maximum absolute atomic E-state index is 5.50. The maximum Gasteiger partial charge on any atom is 0.203 e. The quantitative estimate of drug-likeness (QED) is 0.363. The van der Waals surface area contributed by atoms with Gasteiger partial charge < -0.3 is 24.8 Å². The van der Waals surface area contributed by atoms with Crippen molar-refractivity contribution >= 4 is 29.9 Å². The lowest BCUT2D eigenvalue weighted by molar-refractivity contribution is 0.322. The Morgan fingerprint density at radius 3 is 2.33 bits per heavy atom. The molecule has 2 N–H and O–H groups in total. The molecule has 0 aromatic heterocycles. The van der Waals surface area contributed by atoms with Crippen molar-refractivity contribution < 1.29 is 14.2 Å². The van der Waals surface area contributed by atoms with Gasteiger partial charge in [0.05, 0.1) is 21.3 Å². The molecule has 24 heavy (non-hydrogen) atoms. The van der Waals surface area contributed by atoms with Crippen molar-refractivity contribution in [3.8, 4) is 17.2 Å². The zero-order chi connectivity index (χ0) is 16.7. The molecule has 136 valence electrons. The molecule has 1 aromatic rings. The van der Waals surface area contributed by atoms with Crippen molar-refractivity contribution in [3.63, 3.8) is 0 Å². The number of hydrogen-bond donors (Lipinski definition) is 2. The molecule has 0 atom stereocenters. The van der Waals surface area contributed by atoms with Gasteiger partial charge in [0.1, 0.15) is 0 Å². The van der Waals surface area contributed by atoms with E-state index in [0.717, 1.165) is 42.7 Å². The van der Waals surface area contributed by atoms with Gasteiger partial charge in [0.25, 0.3) is 0 Å². The van der Waals surface area contributed by atoms with Gasteiger partial charge in [0.15, 0.2) is 17.5 Å². The fraction of sp³-hybridized carbons (Fsp3) is 0.588. The van der Waals surface area contributed by atoms with Crippen LogP contribution in [-0.2, 0) is 6.42 Å². The Balaban J connectivity index is 0.00000288. The molecule has 0 saturated heterocycles. The molecular weight excluding hydrogens is 421 g/mol. The van der Waals surface area contributed by atoms with E-state index in [1.54, 1.807) is 28.4 Å². The van der Waals surface area contributed by atoms with Crippen LogP contribution in [0.3, 0.4) is 0 Å². The van der Waals surface area contributed by atoms with Crippen LogP contribution in [0, 0.1) is 5.92 Å². The largest absolute Gasteiger partial charge is 0.493 e. The second-order valence-electron chi connectivity index (χ2n) is 5.57. The molecule has 1 aliphatic rings. The highest BCUT2D eigenvalue weighted by atomic mass is 127. The van der Waals surface area contributed by atoms with Crippen molar-refractivity contribution in [1.29, 1.82) is 0 Å². The van der Waals surface area contributed by atoms with E-state index in [9.17, 15) is 0 Å². The maximum atomic E-state index is 5.50. The Labute approximate surface area is 161 Å². The molecule has 1 aromatic carbocycles. The normalized spacial score (nSPS) is 13.8. The first-order valence-electron chi connectivity index (χ1n) is 7.95. The van der Waals surface area contributed by atoms with Crippen LogP contribution in [0.1, 0.15) is 18.4 Å². The number of nitrogens with one attached hydrogen (secondary N) is 2. The van der Waals surface area contributed by atoms with Gasteiger partial charge >= 0.3 is 0 Å². The number of benzene rings is 1. The van der Waals surface area contributed by atoms with Crippen LogP contribution in [-0.4, -0.2) is 47.4 Å². The molecule has 1 aliphatic carbocycles. The number of methoxy groups -OCH3 is 3. The van der Waals surface area contributed by atoms with Crippen LogP contribution in [0.2, 0.25) is 0 Å². The topological polar surface area (TPSA) is 64.1 Å². The van der Waals surface area contributed by atoms with Crippen LogP contribution in [0.4, 0.5) is 0 Å². The summed E-state index contributed by atoms with van der Waals surface area (Å²) in [6, 6.07) is 3.90. The standard InChI is InChI=1S/C17H27N3O3.HI/c1-18-17(20-11-12-5-6-12)19-10-9-13-7-8-14(21-2)16(23-4)15(13)22-3;/h7-8,12H,5-6,9-11H2,1-4H3,(H2,18,19,20);1H. The molecule has 0 amide bonds. The molecular formula is C17H28IN3O3. The summed E-state index contributed by atoms with van der Waals surface area (Å²) in [5.74, 6) is 3.68. The summed E-state index contributed by atoms with van der Waals surface area (Å²) in [5, 5.41) is 6.68. The minimum absolute atomic E-state index is 0. The summed E-state index contributed by atoms with van der Waals surface area (Å²) >= 11 is 0. The zero-order valence-electron chi connectivity index (χ0n) is 14.8. The Morgan fingerprint density at radius 1 is 1.08 bits per heavy atom. The van der Waals surface area contributed by atoms with E-state index in [2.05, 4.69) is 15.6 Å². The number of ether oxygens (including phenoxy) is 3. The summed E-state index contributed by atoms with van der Waals surface area (Å²) < 4.78 is 16.2. The Kier molecular flexibility index (Phi) is 9.02. The van der Waals surface area contributed by atoms with Crippen molar-refractivity contribution in [2.75, 3.05) is 41.5 Å². The first kappa shape index (κ1) is 20.7. The number of guanidine groups is 1. The van der Waals surface area contributed by atoms with E-state index in [1.807, 2.05) is 12.1 Å². The molecule has 0 bridgehead atoms. The van der Waals surface area contributed by atoms with Gasteiger partial charge in [-0.3, -0.25) is 4.99 Å². The number of rotatable bonds is 8. The summed E-state index contributed by atoms with van der Waals surface area (Å²) in [6.45, 7) is 1.76. The summed E-state index contributed by atoms with van der Waals surface area (Å²) in [5.41, 5.74) is 1.07. The van der Waals surface area contributed by atoms with Gasteiger partial charge in [-0.15, -0.1) is 24.0 Å². The third-order valence-electron chi connectivity index (χ3n) is 3.95. The second-order valence-corrected chi connectivity index (χ2v) is 5.57. The molecule has 0 spiro atoms. The molecule has 0 aliphatic heterocycles. The molecule has 0 unspecified atom stereocenters. The van der Waals surface area contributed by atoms with Crippen LogP contribution in [0.25, 0.3) is 0 Å². The molecule has 6 nitrogen and oxygen atoms in total. The third kappa shape index (κ3) is 5.61. The van der Waals surface area contributed by atoms with Crippen LogP contribution >= 0.6 is 24.0 Å². The average Bonchev–Trinajstić information content (AvgIpc) is 3.41. The fourth-order valence-corrected chi connectivity index (χ4v) is 2.46. The number of nitrogens with zero attached hydrogens (tertiary/aromatic N) is 1. The van der Waals surface area contributed by atoms with Gasteiger partial charge in [-0.25, -0.2) is 0 Å². The van der Waals surface area contributed by atoms with E-state index in [0.29, 0.717) is 11.5 Å². The Morgan fingerprint density at radius 2 is 1.79 bits per heavy atom. The molecule has 1 saturated carbocycles. The van der Waals surface area contributed by atoms with Crippen molar-refractivity contribution in [2.24, 2.45) is 10.9 Å². The van der Waals surface area contributed by atoms with Gasteiger partial charge in [-0.2, -0.15) is 0 Å². The lowest BCUT2D eigenvalue weighted by atomic mass is 10.1. The van der Waals surface area contributed by atoms with E-state index in [1.165, 1.54) is 12.8 Å². The highest BCUT2D eigenvalue weighted by molar-refractivity contribution is 14.0. The number of halogens is 1. The smallest absolute Gasteiger partial charge is 0.203 e. The fourth-order valence-electron chi connectivity index (χ4n) is 2.46. The van der Waals surface area contributed by atoms with Gasteiger partial charge in [-0.05, 0) is 31.2 Å².